The molecule has 17 heavy (non-hydrogen) atoms. The van der Waals surface area contributed by atoms with Crippen LogP contribution in [0.3, 0.4) is 0 Å². The normalized spacial score (nSPS) is 12.9. The van der Waals surface area contributed by atoms with Gasteiger partial charge in [-0.1, -0.05) is 44.4 Å². The van der Waals surface area contributed by atoms with Gasteiger partial charge in [-0.2, -0.15) is 0 Å². The fraction of sp³-hybridized carbons (Fsp3) is 0.643. The van der Waals surface area contributed by atoms with Gasteiger partial charge < -0.3 is 11.5 Å². The summed E-state index contributed by atoms with van der Waals surface area (Å²) in [6.45, 7) is 4.80. The summed E-state index contributed by atoms with van der Waals surface area (Å²) in [6, 6.07) is 0. The summed E-state index contributed by atoms with van der Waals surface area (Å²) < 4.78 is 0. The topological polar surface area (TPSA) is 69.1 Å². The number of unbranched alkanes of at least 4 members (excludes halogenated alkanes) is 2. The van der Waals surface area contributed by atoms with Crippen molar-refractivity contribution in [2.24, 2.45) is 11.5 Å². The number of carbonyl (C=O) groups excluding carboxylic acids is 1. The van der Waals surface area contributed by atoms with Gasteiger partial charge >= 0.3 is 0 Å². The van der Waals surface area contributed by atoms with E-state index in [-0.39, 0.29) is 5.91 Å². The molecule has 0 atom stereocenters. The third-order valence-electron chi connectivity index (χ3n) is 2.75. The minimum atomic E-state index is -0.318. The molecule has 0 aromatic heterocycles. The van der Waals surface area contributed by atoms with E-state index in [4.69, 9.17) is 11.5 Å². The van der Waals surface area contributed by atoms with Crippen LogP contribution >= 0.6 is 0 Å². The van der Waals surface area contributed by atoms with E-state index < -0.39 is 0 Å². The van der Waals surface area contributed by atoms with Gasteiger partial charge in [0.15, 0.2) is 0 Å². The van der Waals surface area contributed by atoms with Gasteiger partial charge in [-0.15, -0.1) is 0 Å². The van der Waals surface area contributed by atoms with E-state index in [1.54, 1.807) is 0 Å². The highest BCUT2D eigenvalue weighted by Gasteiger charge is 2.03. The Morgan fingerprint density at radius 3 is 2.12 bits per heavy atom. The van der Waals surface area contributed by atoms with E-state index in [9.17, 15) is 4.79 Å². The third-order valence-corrected chi connectivity index (χ3v) is 2.75. The number of primary amides is 1. The van der Waals surface area contributed by atoms with Crippen LogP contribution in [-0.4, -0.2) is 12.5 Å². The lowest BCUT2D eigenvalue weighted by Gasteiger charge is -2.03. The average molecular weight is 238 g/mol. The second-order valence-corrected chi connectivity index (χ2v) is 4.29. The molecule has 0 aliphatic carbocycles. The van der Waals surface area contributed by atoms with E-state index in [0.29, 0.717) is 12.1 Å². The van der Waals surface area contributed by atoms with Crippen LogP contribution in [0.1, 0.15) is 52.4 Å². The molecular weight excluding hydrogens is 212 g/mol. The first kappa shape index (κ1) is 15.9. The van der Waals surface area contributed by atoms with Gasteiger partial charge in [0.25, 0.3) is 0 Å². The Kier molecular flexibility index (Phi) is 9.44. The highest BCUT2D eigenvalue weighted by Crippen LogP contribution is 2.10. The number of hydrogen-bond acceptors (Lipinski definition) is 2. The smallest absolute Gasteiger partial charge is 0.244 e. The lowest BCUT2D eigenvalue weighted by atomic mass is 10.0. The number of rotatable bonds is 9. The summed E-state index contributed by atoms with van der Waals surface area (Å²) in [6.07, 6.45) is 9.92. The van der Waals surface area contributed by atoms with Gasteiger partial charge in [0.05, 0.1) is 0 Å². The van der Waals surface area contributed by atoms with Crippen LogP contribution in [0.25, 0.3) is 0 Å². The zero-order valence-electron chi connectivity index (χ0n) is 11.2. The molecule has 98 valence electrons. The van der Waals surface area contributed by atoms with Crippen molar-refractivity contribution in [1.82, 2.24) is 0 Å². The number of carbonyl (C=O) groups is 1. The number of amides is 1. The SMILES string of the molecule is CCCCC(=CC=C(CCCC)C(N)=O)CN. The average Bonchev–Trinajstić information content (AvgIpc) is 2.32. The fourth-order valence-corrected chi connectivity index (χ4v) is 1.53. The van der Waals surface area contributed by atoms with E-state index in [0.717, 1.165) is 38.5 Å². The second-order valence-electron chi connectivity index (χ2n) is 4.29. The first-order valence-electron chi connectivity index (χ1n) is 6.54. The van der Waals surface area contributed by atoms with Crippen molar-refractivity contribution in [2.45, 2.75) is 52.4 Å². The Morgan fingerprint density at radius 2 is 1.65 bits per heavy atom. The van der Waals surface area contributed by atoms with Crippen molar-refractivity contribution in [3.05, 3.63) is 23.3 Å². The lowest BCUT2D eigenvalue weighted by molar-refractivity contribution is -0.114. The molecule has 0 saturated carbocycles. The maximum Gasteiger partial charge on any atom is 0.244 e. The third kappa shape index (κ3) is 7.75. The van der Waals surface area contributed by atoms with Crippen LogP contribution in [0.2, 0.25) is 0 Å². The Bertz CT molecular complexity index is 280. The summed E-state index contributed by atoms with van der Waals surface area (Å²) in [5.41, 5.74) is 12.9. The molecule has 3 nitrogen and oxygen atoms in total. The lowest BCUT2D eigenvalue weighted by Crippen LogP contribution is -2.14. The molecule has 3 heteroatoms. The summed E-state index contributed by atoms with van der Waals surface area (Å²) in [7, 11) is 0. The molecule has 0 aromatic rings. The summed E-state index contributed by atoms with van der Waals surface area (Å²) in [4.78, 5) is 11.2. The molecule has 1 amide bonds. The van der Waals surface area contributed by atoms with Crippen molar-refractivity contribution in [2.75, 3.05) is 6.54 Å². The van der Waals surface area contributed by atoms with Gasteiger partial charge in [0.1, 0.15) is 0 Å². The minimum Gasteiger partial charge on any atom is -0.366 e. The van der Waals surface area contributed by atoms with Gasteiger partial charge in [-0.05, 0) is 25.7 Å². The van der Waals surface area contributed by atoms with Crippen LogP contribution in [0.15, 0.2) is 23.3 Å². The molecule has 0 rings (SSSR count). The molecule has 0 aromatic carbocycles. The maximum atomic E-state index is 11.2. The van der Waals surface area contributed by atoms with Crippen molar-refractivity contribution in [1.29, 1.82) is 0 Å². The van der Waals surface area contributed by atoms with Crippen LogP contribution in [-0.2, 0) is 4.79 Å². The number of hydrogen-bond donors (Lipinski definition) is 2. The summed E-state index contributed by atoms with van der Waals surface area (Å²) >= 11 is 0. The number of allylic oxidation sites excluding steroid dienone is 2. The van der Waals surface area contributed by atoms with E-state index in [1.807, 2.05) is 12.2 Å². The molecular formula is C14H26N2O. The molecule has 0 radical (unpaired) electrons. The summed E-state index contributed by atoms with van der Waals surface area (Å²) in [5.74, 6) is -0.318. The molecule has 0 heterocycles. The molecule has 0 bridgehead atoms. The standard InChI is InChI=1S/C14H26N2O/c1-3-5-7-12(11-15)9-10-13(14(16)17)8-6-4-2/h9-10H,3-8,11,15H2,1-2H3,(H2,16,17). The molecule has 0 aliphatic heterocycles. The Balaban J connectivity index is 4.55. The number of nitrogens with two attached hydrogens (primary N) is 2. The van der Waals surface area contributed by atoms with Crippen molar-refractivity contribution in [3.8, 4) is 0 Å². The monoisotopic (exact) mass is 238 g/mol. The fourth-order valence-electron chi connectivity index (χ4n) is 1.53. The summed E-state index contributed by atoms with van der Waals surface area (Å²) in [5, 5.41) is 0. The largest absolute Gasteiger partial charge is 0.366 e. The molecule has 0 saturated heterocycles. The maximum absolute atomic E-state index is 11.2. The quantitative estimate of drug-likeness (QED) is 0.479. The molecule has 0 spiro atoms. The zero-order valence-corrected chi connectivity index (χ0v) is 11.2. The molecule has 0 aliphatic rings. The first-order valence-corrected chi connectivity index (χ1v) is 6.54. The zero-order chi connectivity index (χ0) is 13.1. The van der Waals surface area contributed by atoms with Gasteiger partial charge in [0, 0.05) is 12.1 Å². The van der Waals surface area contributed by atoms with Gasteiger partial charge in [-0.25, -0.2) is 0 Å². The first-order chi connectivity index (χ1) is 8.15. The van der Waals surface area contributed by atoms with Crippen LogP contribution in [0, 0.1) is 0 Å². The molecule has 0 unspecified atom stereocenters. The molecule has 4 N–H and O–H groups in total. The van der Waals surface area contributed by atoms with Gasteiger partial charge in [-0.3, -0.25) is 4.79 Å². The van der Waals surface area contributed by atoms with Crippen molar-refractivity contribution >= 4 is 5.91 Å². The second kappa shape index (κ2) is 10.1. The van der Waals surface area contributed by atoms with E-state index in [2.05, 4.69) is 13.8 Å². The van der Waals surface area contributed by atoms with E-state index >= 15 is 0 Å². The minimum absolute atomic E-state index is 0.318. The Morgan fingerprint density at radius 1 is 1.06 bits per heavy atom. The van der Waals surface area contributed by atoms with Crippen LogP contribution in [0.4, 0.5) is 0 Å². The highest BCUT2D eigenvalue weighted by molar-refractivity contribution is 5.92. The predicted octanol–water partition coefficient (Wildman–Crippen LogP) is 2.66. The van der Waals surface area contributed by atoms with Gasteiger partial charge in [0.2, 0.25) is 5.91 Å². The predicted molar refractivity (Wildman–Crippen MR) is 73.5 cm³/mol. The highest BCUT2D eigenvalue weighted by atomic mass is 16.1. The van der Waals surface area contributed by atoms with Crippen molar-refractivity contribution < 1.29 is 4.79 Å². The molecule has 0 fully saturated rings. The van der Waals surface area contributed by atoms with Crippen LogP contribution in [0.5, 0.6) is 0 Å². The van der Waals surface area contributed by atoms with Crippen molar-refractivity contribution in [3.63, 3.8) is 0 Å². The van der Waals surface area contributed by atoms with Crippen LogP contribution < -0.4 is 11.5 Å². The Hall–Kier alpha value is -1.09. The van der Waals surface area contributed by atoms with E-state index in [1.165, 1.54) is 5.57 Å². The Labute approximate surface area is 105 Å².